The molecule has 0 spiro atoms. The Hall–Kier alpha value is -4.48. The lowest BCUT2D eigenvalue weighted by Gasteiger charge is -2.15. The third kappa shape index (κ3) is 68.0. The molecule has 5 heteroatoms. The lowest BCUT2D eigenvalue weighted by atomic mass is 10.0. The topological polar surface area (TPSA) is 72.8 Å². The van der Waals surface area contributed by atoms with Crippen molar-refractivity contribution in [2.45, 2.75) is 302 Å². The van der Waals surface area contributed by atoms with Crippen molar-refractivity contribution in [2.24, 2.45) is 0 Å². The number of rotatable bonds is 61. The highest BCUT2D eigenvalue weighted by Crippen LogP contribution is 2.17. The van der Waals surface area contributed by atoms with E-state index in [2.05, 4.69) is 172 Å². The monoisotopic (exact) mass is 1130 g/mol. The van der Waals surface area contributed by atoms with Crippen LogP contribution in [0.1, 0.15) is 296 Å². The van der Waals surface area contributed by atoms with Gasteiger partial charge < -0.3 is 14.6 Å². The molecule has 0 aromatic carbocycles. The Morgan fingerprint density at radius 1 is 0.280 bits per heavy atom. The molecule has 82 heavy (non-hydrogen) atoms. The summed E-state index contributed by atoms with van der Waals surface area (Å²) in [4.78, 5) is 24.6. The normalized spacial score (nSPS) is 13.3. The number of hydrogen-bond acceptors (Lipinski definition) is 5. The molecule has 0 aliphatic heterocycles. The third-order valence-corrected chi connectivity index (χ3v) is 14.3. The second-order valence-electron chi connectivity index (χ2n) is 22.1. The Labute approximate surface area is 507 Å². The molecule has 0 aromatic rings. The fraction of sp³-hybridized carbons (Fsp3) is 0.636. The van der Waals surface area contributed by atoms with Crippen LogP contribution >= 0.6 is 0 Å². The molecule has 5 nitrogen and oxygen atoms in total. The van der Waals surface area contributed by atoms with E-state index in [-0.39, 0.29) is 25.2 Å². The highest BCUT2D eigenvalue weighted by Gasteiger charge is 2.16. The van der Waals surface area contributed by atoms with Crippen LogP contribution in [0.5, 0.6) is 0 Å². The van der Waals surface area contributed by atoms with Crippen LogP contribution in [0.25, 0.3) is 0 Å². The quantitative estimate of drug-likeness (QED) is 0.0373. The molecule has 0 radical (unpaired) electrons. The van der Waals surface area contributed by atoms with Gasteiger partial charge in [0.2, 0.25) is 0 Å². The predicted octanol–water partition coefficient (Wildman–Crippen LogP) is 23.9. The van der Waals surface area contributed by atoms with Gasteiger partial charge >= 0.3 is 11.9 Å². The molecular weight excluding hydrogens is 1000 g/mol. The zero-order chi connectivity index (χ0) is 59.1. The molecule has 0 aliphatic rings. The van der Waals surface area contributed by atoms with Crippen LogP contribution in [0.4, 0.5) is 0 Å². The average Bonchev–Trinajstić information content (AvgIpc) is 3.49. The maximum Gasteiger partial charge on any atom is 0.306 e. The van der Waals surface area contributed by atoms with E-state index in [1.807, 2.05) is 0 Å². The summed E-state index contributed by atoms with van der Waals surface area (Å²) in [6.07, 6.45) is 108. The summed E-state index contributed by atoms with van der Waals surface area (Å²) in [7, 11) is 0. The van der Waals surface area contributed by atoms with Gasteiger partial charge in [0.05, 0.1) is 6.61 Å². The highest BCUT2D eigenvalue weighted by atomic mass is 16.6. The van der Waals surface area contributed by atoms with Gasteiger partial charge in [0, 0.05) is 12.8 Å². The van der Waals surface area contributed by atoms with E-state index in [0.29, 0.717) is 12.8 Å². The van der Waals surface area contributed by atoms with E-state index < -0.39 is 6.10 Å². The van der Waals surface area contributed by atoms with E-state index in [0.717, 1.165) is 128 Å². The van der Waals surface area contributed by atoms with Gasteiger partial charge in [-0.25, -0.2) is 0 Å². The average molecular weight is 1130 g/mol. The Morgan fingerprint density at radius 2 is 0.488 bits per heavy atom. The first kappa shape index (κ1) is 77.5. The lowest BCUT2D eigenvalue weighted by molar-refractivity contribution is -0.161. The van der Waals surface area contributed by atoms with Gasteiger partial charge in [-0.1, -0.05) is 320 Å². The minimum absolute atomic E-state index is 0.0761. The molecule has 1 unspecified atom stereocenters. The van der Waals surface area contributed by atoms with Crippen molar-refractivity contribution >= 4 is 11.9 Å². The second kappa shape index (κ2) is 70.8. The molecule has 0 aromatic heterocycles. The summed E-state index contributed by atoms with van der Waals surface area (Å²) < 4.78 is 10.7. The summed E-state index contributed by atoms with van der Waals surface area (Å²) >= 11 is 0. The number of carbonyl (C=O) groups excluding carboxylic acids is 2. The first-order valence-electron chi connectivity index (χ1n) is 34.0. The van der Waals surface area contributed by atoms with E-state index in [4.69, 9.17) is 9.47 Å². The minimum Gasteiger partial charge on any atom is -0.462 e. The fourth-order valence-corrected chi connectivity index (χ4v) is 9.31. The molecular formula is C77H126O5. The second-order valence-corrected chi connectivity index (χ2v) is 22.1. The summed E-state index contributed by atoms with van der Waals surface area (Å²) in [5, 5.41) is 9.70. The maximum absolute atomic E-state index is 12.4. The zero-order valence-corrected chi connectivity index (χ0v) is 53.2. The standard InChI is InChI=1S/C77H126O5/c1-3-5-7-9-11-13-15-17-19-21-23-25-27-29-31-32-33-34-35-36-37-38-39-40-41-42-43-44-46-48-50-52-54-56-58-60-62-64-66-68-70-72-77(80)82-75(73-78)74-81-76(79)71-69-67-65-63-61-59-57-55-53-51-49-47-45-30-28-26-24-22-20-18-16-14-12-10-8-6-4-2/h5-8,11-14,17-20,23-26,29-31,33-34,36-37,45,49,51,75,78H,3-4,9-10,15-16,21-22,27-28,32,35,38-44,46-48,50,52-74H2,1-2H3/b7-5-,8-6-,13-11-,14-12-,19-17-,20-18-,25-23-,26-24-,31-29-,34-33-,37-36-,45-30-,51-49-. The van der Waals surface area contributed by atoms with Crippen molar-refractivity contribution in [2.75, 3.05) is 13.2 Å². The number of aliphatic hydroxyl groups excluding tert-OH is 1. The van der Waals surface area contributed by atoms with E-state index in [1.54, 1.807) is 0 Å². The summed E-state index contributed by atoms with van der Waals surface area (Å²) in [6.45, 7) is 3.92. The van der Waals surface area contributed by atoms with E-state index >= 15 is 0 Å². The first-order chi connectivity index (χ1) is 40.6. The summed E-state index contributed by atoms with van der Waals surface area (Å²) in [5.74, 6) is -0.599. The van der Waals surface area contributed by atoms with Gasteiger partial charge in [-0.3, -0.25) is 9.59 Å². The molecule has 0 rings (SSSR count). The number of ether oxygens (including phenoxy) is 2. The summed E-state index contributed by atoms with van der Waals surface area (Å²) in [5.41, 5.74) is 0. The van der Waals surface area contributed by atoms with Crippen molar-refractivity contribution in [3.8, 4) is 0 Å². The van der Waals surface area contributed by atoms with Gasteiger partial charge in [0.15, 0.2) is 6.10 Å². The van der Waals surface area contributed by atoms with Crippen LogP contribution in [-0.4, -0.2) is 36.4 Å². The predicted molar refractivity (Wildman–Crippen MR) is 361 cm³/mol. The summed E-state index contributed by atoms with van der Waals surface area (Å²) in [6, 6.07) is 0. The third-order valence-electron chi connectivity index (χ3n) is 14.3. The molecule has 0 bridgehead atoms. The van der Waals surface area contributed by atoms with Crippen molar-refractivity contribution < 1.29 is 24.2 Å². The lowest BCUT2D eigenvalue weighted by Crippen LogP contribution is -2.28. The molecule has 0 heterocycles. The van der Waals surface area contributed by atoms with Gasteiger partial charge in [-0.15, -0.1) is 0 Å². The Kier molecular flexibility index (Phi) is 66.9. The Balaban J connectivity index is 3.50. The number of hydrogen-bond donors (Lipinski definition) is 1. The minimum atomic E-state index is -0.786. The van der Waals surface area contributed by atoms with Gasteiger partial charge in [-0.2, -0.15) is 0 Å². The van der Waals surface area contributed by atoms with Crippen LogP contribution in [0.15, 0.2) is 158 Å². The molecule has 0 fully saturated rings. The number of allylic oxidation sites excluding steroid dienone is 26. The van der Waals surface area contributed by atoms with Crippen molar-refractivity contribution in [3.05, 3.63) is 158 Å². The van der Waals surface area contributed by atoms with Gasteiger partial charge in [-0.05, 0) is 122 Å². The van der Waals surface area contributed by atoms with Crippen molar-refractivity contribution in [1.29, 1.82) is 0 Å². The molecule has 0 amide bonds. The number of carbonyl (C=O) groups is 2. The smallest absolute Gasteiger partial charge is 0.306 e. The van der Waals surface area contributed by atoms with E-state index in [9.17, 15) is 14.7 Å². The largest absolute Gasteiger partial charge is 0.462 e. The van der Waals surface area contributed by atoms with Gasteiger partial charge in [0.25, 0.3) is 0 Å². The Bertz CT molecular complexity index is 1760. The zero-order valence-electron chi connectivity index (χ0n) is 53.2. The molecule has 1 N–H and O–H groups in total. The molecule has 464 valence electrons. The Morgan fingerprint density at radius 3 is 0.732 bits per heavy atom. The van der Waals surface area contributed by atoms with Crippen LogP contribution in [0.3, 0.4) is 0 Å². The fourth-order valence-electron chi connectivity index (χ4n) is 9.31. The highest BCUT2D eigenvalue weighted by molar-refractivity contribution is 5.70. The maximum atomic E-state index is 12.4. The van der Waals surface area contributed by atoms with E-state index in [1.165, 1.54) is 141 Å². The van der Waals surface area contributed by atoms with Gasteiger partial charge in [0.1, 0.15) is 6.61 Å². The van der Waals surface area contributed by atoms with Crippen molar-refractivity contribution in [3.63, 3.8) is 0 Å². The number of unbranched alkanes of at least 4 members (excludes halogenated alkanes) is 27. The first-order valence-corrected chi connectivity index (χ1v) is 34.0. The molecule has 0 aliphatic carbocycles. The molecule has 0 saturated carbocycles. The van der Waals surface area contributed by atoms with Crippen molar-refractivity contribution in [1.82, 2.24) is 0 Å². The number of esters is 2. The van der Waals surface area contributed by atoms with Crippen LogP contribution in [-0.2, 0) is 19.1 Å². The van der Waals surface area contributed by atoms with Crippen LogP contribution in [0, 0.1) is 0 Å². The SMILES string of the molecule is CC/C=C\C/C=C\C/C=C\C/C=C\C/C=C\C/C=C\C/C=C\CCCCCCCCCCCCCCCCCCCCCC(=O)OC(CO)COC(=O)CCCCCCCCCC/C=C\C/C=C\C/C=C\C/C=C\C/C=C\C/C=C\CC. The molecule has 0 saturated heterocycles. The molecule has 1 atom stereocenters. The number of aliphatic hydroxyl groups is 1. The van der Waals surface area contributed by atoms with Crippen LogP contribution < -0.4 is 0 Å². The van der Waals surface area contributed by atoms with Crippen LogP contribution in [0.2, 0.25) is 0 Å².